The molecule has 0 aliphatic rings. The Bertz CT molecular complexity index is 1180. The van der Waals surface area contributed by atoms with Gasteiger partial charge in [0.15, 0.2) is 11.5 Å². The van der Waals surface area contributed by atoms with E-state index in [0.29, 0.717) is 35.8 Å². The molecule has 0 bridgehead atoms. The molecule has 2 N–H and O–H groups in total. The molecular formula is C25H21I2NO5. The fraction of sp³-hybridized carbons (Fsp3) is 0.120. The van der Waals surface area contributed by atoms with Gasteiger partial charge in [0.1, 0.15) is 12.3 Å². The topological polar surface area (TPSA) is 84.9 Å². The van der Waals surface area contributed by atoms with E-state index in [1.165, 1.54) is 6.08 Å². The molecule has 6 nitrogen and oxygen atoms in total. The zero-order valence-corrected chi connectivity index (χ0v) is 22.0. The Morgan fingerprint density at radius 2 is 1.76 bits per heavy atom. The normalized spacial score (nSPS) is 11.1. The zero-order chi connectivity index (χ0) is 23.8. The van der Waals surface area contributed by atoms with Gasteiger partial charge in [0.05, 0.1) is 10.2 Å². The second kappa shape index (κ2) is 12.0. The van der Waals surface area contributed by atoms with Gasteiger partial charge in [0, 0.05) is 9.13 Å². The molecule has 3 aromatic rings. The molecule has 0 fully saturated rings. The van der Waals surface area contributed by atoms with Gasteiger partial charge in [-0.3, -0.25) is 4.79 Å². The van der Waals surface area contributed by atoms with E-state index < -0.39 is 11.9 Å². The van der Waals surface area contributed by atoms with Gasteiger partial charge in [0.25, 0.3) is 5.91 Å². The first kappa shape index (κ1) is 25.0. The van der Waals surface area contributed by atoms with Crippen molar-refractivity contribution in [2.24, 2.45) is 0 Å². The number of benzene rings is 3. The maximum atomic E-state index is 12.4. The summed E-state index contributed by atoms with van der Waals surface area (Å²) in [6.07, 6.45) is 1.40. The number of rotatable bonds is 9. The van der Waals surface area contributed by atoms with Gasteiger partial charge in [0.2, 0.25) is 0 Å². The smallest absolute Gasteiger partial charge is 0.352 e. The summed E-state index contributed by atoms with van der Waals surface area (Å²) in [4.78, 5) is 24.2. The highest BCUT2D eigenvalue weighted by Gasteiger charge is 2.16. The summed E-state index contributed by atoms with van der Waals surface area (Å²) in [7, 11) is 0. The largest absolute Gasteiger partial charge is 0.490 e. The minimum Gasteiger partial charge on any atom is -0.490 e. The van der Waals surface area contributed by atoms with Crippen LogP contribution < -0.4 is 14.8 Å². The molecule has 0 aromatic heterocycles. The molecule has 3 aromatic carbocycles. The molecule has 0 spiro atoms. The predicted octanol–water partition coefficient (Wildman–Crippen LogP) is 5.73. The number of carboxylic acids is 1. The second-order valence-corrected chi connectivity index (χ2v) is 9.27. The number of carbonyl (C=O) groups is 2. The van der Waals surface area contributed by atoms with Gasteiger partial charge in [-0.1, -0.05) is 30.3 Å². The van der Waals surface area contributed by atoms with Crippen LogP contribution in [0.1, 0.15) is 28.4 Å². The van der Waals surface area contributed by atoms with Crippen molar-refractivity contribution in [2.75, 3.05) is 6.61 Å². The number of aliphatic carboxylic acids is 1. The molecule has 0 aliphatic carbocycles. The van der Waals surface area contributed by atoms with Crippen LogP contribution in [0, 0.1) is 7.14 Å². The molecule has 33 heavy (non-hydrogen) atoms. The average Bonchev–Trinajstić information content (AvgIpc) is 2.79. The van der Waals surface area contributed by atoms with Crippen molar-refractivity contribution >= 4 is 63.1 Å². The quantitative estimate of drug-likeness (QED) is 0.225. The molecule has 0 unspecified atom stereocenters. The Balaban J connectivity index is 1.87. The number of nitrogens with one attached hydrogen (secondary N) is 1. The third kappa shape index (κ3) is 7.19. The third-order valence-electron chi connectivity index (χ3n) is 4.43. The fourth-order valence-corrected chi connectivity index (χ4v) is 4.35. The van der Waals surface area contributed by atoms with E-state index in [4.69, 9.17) is 9.47 Å². The Hall–Kier alpha value is -2.60. The molecule has 0 saturated heterocycles. The van der Waals surface area contributed by atoms with E-state index >= 15 is 0 Å². The van der Waals surface area contributed by atoms with Gasteiger partial charge in [-0.2, -0.15) is 0 Å². The molecule has 8 heteroatoms. The first-order chi connectivity index (χ1) is 15.9. The molecule has 0 radical (unpaired) electrons. The van der Waals surface area contributed by atoms with Gasteiger partial charge in [-0.25, -0.2) is 4.79 Å². The van der Waals surface area contributed by atoms with Crippen LogP contribution in [0.15, 0.2) is 72.4 Å². The van der Waals surface area contributed by atoms with E-state index in [1.54, 1.807) is 42.5 Å². The minimum absolute atomic E-state index is 0.241. The van der Waals surface area contributed by atoms with Crippen molar-refractivity contribution in [3.63, 3.8) is 0 Å². The number of amides is 1. The number of halogens is 2. The van der Waals surface area contributed by atoms with E-state index in [-0.39, 0.29) is 5.70 Å². The van der Waals surface area contributed by atoms with Crippen LogP contribution in [0.2, 0.25) is 0 Å². The van der Waals surface area contributed by atoms with Crippen molar-refractivity contribution in [1.82, 2.24) is 5.32 Å². The summed E-state index contributed by atoms with van der Waals surface area (Å²) in [5, 5.41) is 12.1. The second-order valence-electron chi connectivity index (χ2n) is 6.86. The van der Waals surface area contributed by atoms with Gasteiger partial charge < -0.3 is 19.9 Å². The Morgan fingerprint density at radius 3 is 2.42 bits per heavy atom. The maximum absolute atomic E-state index is 12.4. The first-order valence-corrected chi connectivity index (χ1v) is 12.2. The first-order valence-electron chi connectivity index (χ1n) is 10.0. The molecule has 0 saturated carbocycles. The predicted molar refractivity (Wildman–Crippen MR) is 143 cm³/mol. The SMILES string of the molecule is CCOc1cc(C=C(NC(=O)c2ccccc2)C(=O)O)cc(I)c1OCc1cccc(I)c1. The summed E-state index contributed by atoms with van der Waals surface area (Å²) in [6.45, 7) is 2.65. The third-order valence-corrected chi connectivity index (χ3v) is 5.90. The van der Waals surface area contributed by atoms with Crippen molar-refractivity contribution in [2.45, 2.75) is 13.5 Å². The Kier molecular flexibility index (Phi) is 9.12. The Labute approximate surface area is 219 Å². The number of hydrogen-bond donors (Lipinski definition) is 2. The molecule has 0 heterocycles. The van der Waals surface area contributed by atoms with E-state index in [0.717, 1.165) is 12.7 Å². The monoisotopic (exact) mass is 669 g/mol. The molecule has 3 rings (SSSR count). The van der Waals surface area contributed by atoms with Gasteiger partial charge >= 0.3 is 5.97 Å². The summed E-state index contributed by atoms with van der Waals surface area (Å²) in [5.74, 6) is -0.660. The summed E-state index contributed by atoms with van der Waals surface area (Å²) in [6, 6.07) is 19.9. The van der Waals surface area contributed by atoms with Crippen LogP contribution in [-0.4, -0.2) is 23.6 Å². The summed E-state index contributed by atoms with van der Waals surface area (Å²) in [5.41, 5.74) is 1.72. The summed E-state index contributed by atoms with van der Waals surface area (Å²) < 4.78 is 13.7. The van der Waals surface area contributed by atoms with Crippen molar-refractivity contribution in [3.05, 3.63) is 96.3 Å². The van der Waals surface area contributed by atoms with Crippen molar-refractivity contribution in [1.29, 1.82) is 0 Å². The fourth-order valence-electron chi connectivity index (χ4n) is 2.96. The average molecular weight is 669 g/mol. The van der Waals surface area contributed by atoms with Crippen LogP contribution in [0.3, 0.4) is 0 Å². The molecular weight excluding hydrogens is 648 g/mol. The highest BCUT2D eigenvalue weighted by atomic mass is 127. The van der Waals surface area contributed by atoms with Gasteiger partial charge in [-0.15, -0.1) is 0 Å². The van der Waals surface area contributed by atoms with Crippen LogP contribution in [0.25, 0.3) is 6.08 Å². The van der Waals surface area contributed by atoms with Gasteiger partial charge in [-0.05, 0) is 106 Å². The number of carboxylic acid groups (broad SMARTS) is 1. The lowest BCUT2D eigenvalue weighted by Crippen LogP contribution is -2.27. The van der Waals surface area contributed by atoms with Crippen molar-refractivity contribution < 1.29 is 24.2 Å². The van der Waals surface area contributed by atoms with E-state index in [1.807, 2.05) is 31.2 Å². The minimum atomic E-state index is -1.24. The van der Waals surface area contributed by atoms with E-state index in [9.17, 15) is 14.7 Å². The van der Waals surface area contributed by atoms with E-state index in [2.05, 4.69) is 50.5 Å². The standard InChI is InChI=1S/C25H21I2NO5/c1-2-32-22-14-17(12-20(27)23(22)33-15-16-7-6-10-19(26)11-16)13-21(25(30)31)28-24(29)18-8-4-3-5-9-18/h3-14H,2,15H2,1H3,(H,28,29)(H,30,31). The number of ether oxygens (including phenoxy) is 2. The molecule has 1 amide bonds. The summed E-state index contributed by atoms with van der Waals surface area (Å²) >= 11 is 4.38. The maximum Gasteiger partial charge on any atom is 0.352 e. The van der Waals surface area contributed by atoms with Crippen LogP contribution in [-0.2, 0) is 11.4 Å². The Morgan fingerprint density at radius 1 is 1.00 bits per heavy atom. The highest BCUT2D eigenvalue weighted by Crippen LogP contribution is 2.35. The van der Waals surface area contributed by atoms with Crippen molar-refractivity contribution in [3.8, 4) is 11.5 Å². The molecule has 0 atom stereocenters. The van der Waals surface area contributed by atoms with Crippen LogP contribution in [0.5, 0.6) is 11.5 Å². The lowest BCUT2D eigenvalue weighted by molar-refractivity contribution is -0.132. The lowest BCUT2D eigenvalue weighted by atomic mass is 10.1. The molecule has 0 aliphatic heterocycles. The van der Waals surface area contributed by atoms with Crippen LogP contribution in [0.4, 0.5) is 0 Å². The molecule has 170 valence electrons. The number of hydrogen-bond acceptors (Lipinski definition) is 4. The zero-order valence-electron chi connectivity index (χ0n) is 17.7. The van der Waals surface area contributed by atoms with Crippen LogP contribution >= 0.6 is 45.2 Å². The highest BCUT2D eigenvalue weighted by molar-refractivity contribution is 14.1. The number of carbonyl (C=O) groups excluding carboxylic acids is 1. The lowest BCUT2D eigenvalue weighted by Gasteiger charge is -2.15.